The molecule has 0 bridgehead atoms. The largest absolute Gasteiger partial charge is 0.352 e. The highest BCUT2D eigenvalue weighted by Crippen LogP contribution is 2.31. The second-order valence-corrected chi connectivity index (χ2v) is 7.14. The van der Waals surface area contributed by atoms with Crippen molar-refractivity contribution in [1.29, 1.82) is 0 Å². The summed E-state index contributed by atoms with van der Waals surface area (Å²) in [6, 6.07) is 10.2. The fraction of sp³-hybridized carbons (Fsp3) is 0.364. The maximum absolute atomic E-state index is 12.6. The van der Waals surface area contributed by atoms with Crippen molar-refractivity contribution in [3.8, 4) is 0 Å². The van der Waals surface area contributed by atoms with Gasteiger partial charge < -0.3 is 9.88 Å². The molecule has 1 N–H and O–H groups in total. The maximum atomic E-state index is 12.6. The van der Waals surface area contributed by atoms with Crippen LogP contribution in [0.1, 0.15) is 52.6 Å². The van der Waals surface area contributed by atoms with Crippen LogP contribution in [0, 0.1) is 6.92 Å². The Morgan fingerprint density at radius 3 is 2.65 bits per heavy atom. The molecule has 4 nitrogen and oxygen atoms in total. The molecule has 26 heavy (non-hydrogen) atoms. The lowest BCUT2D eigenvalue weighted by Gasteiger charge is -2.16. The van der Waals surface area contributed by atoms with E-state index in [1.165, 1.54) is 5.56 Å². The SMILES string of the molecule is C=C(C)CNC(=O)Cc1c2c(n(Cc3ccccc3)c1C)CCCC2=O. The van der Waals surface area contributed by atoms with E-state index in [1.54, 1.807) is 0 Å². The van der Waals surface area contributed by atoms with E-state index in [9.17, 15) is 9.59 Å². The average molecular weight is 350 g/mol. The zero-order chi connectivity index (χ0) is 18.7. The molecule has 0 radical (unpaired) electrons. The molecule has 0 aliphatic heterocycles. The Morgan fingerprint density at radius 1 is 1.23 bits per heavy atom. The minimum atomic E-state index is -0.0610. The van der Waals surface area contributed by atoms with E-state index in [1.807, 2.05) is 32.0 Å². The third-order valence-electron chi connectivity index (χ3n) is 4.96. The Morgan fingerprint density at radius 2 is 1.96 bits per heavy atom. The van der Waals surface area contributed by atoms with Crippen LogP contribution in [0.3, 0.4) is 0 Å². The van der Waals surface area contributed by atoms with Gasteiger partial charge in [-0.1, -0.05) is 42.5 Å². The van der Waals surface area contributed by atoms with Gasteiger partial charge in [-0.05, 0) is 37.8 Å². The summed E-state index contributed by atoms with van der Waals surface area (Å²) in [6.07, 6.45) is 2.59. The molecule has 3 rings (SSSR count). The van der Waals surface area contributed by atoms with E-state index < -0.39 is 0 Å². The van der Waals surface area contributed by atoms with Crippen LogP contribution in [0.15, 0.2) is 42.5 Å². The highest BCUT2D eigenvalue weighted by molar-refractivity contribution is 6.01. The number of hydrogen-bond donors (Lipinski definition) is 1. The van der Waals surface area contributed by atoms with Gasteiger partial charge in [0.2, 0.25) is 5.91 Å². The molecule has 4 heteroatoms. The normalized spacial score (nSPS) is 13.4. The first-order valence-corrected chi connectivity index (χ1v) is 9.16. The van der Waals surface area contributed by atoms with Gasteiger partial charge in [0.25, 0.3) is 0 Å². The van der Waals surface area contributed by atoms with Gasteiger partial charge in [0.1, 0.15) is 0 Å². The number of ketones is 1. The first-order valence-electron chi connectivity index (χ1n) is 9.16. The lowest BCUT2D eigenvalue weighted by atomic mass is 9.92. The van der Waals surface area contributed by atoms with Crippen LogP contribution in [0.2, 0.25) is 0 Å². The second kappa shape index (κ2) is 7.73. The molecule has 0 atom stereocenters. The van der Waals surface area contributed by atoms with Gasteiger partial charge in [-0.2, -0.15) is 0 Å². The van der Waals surface area contributed by atoms with E-state index >= 15 is 0 Å². The van der Waals surface area contributed by atoms with Crippen molar-refractivity contribution in [1.82, 2.24) is 9.88 Å². The fourth-order valence-electron chi connectivity index (χ4n) is 3.65. The number of carbonyl (C=O) groups is 2. The smallest absolute Gasteiger partial charge is 0.224 e. The number of nitrogens with one attached hydrogen (secondary N) is 1. The molecule has 1 aromatic carbocycles. The van der Waals surface area contributed by atoms with Crippen molar-refractivity contribution in [3.63, 3.8) is 0 Å². The first kappa shape index (κ1) is 18.2. The molecule has 2 aromatic rings. The van der Waals surface area contributed by atoms with Crippen LogP contribution in [-0.2, 0) is 24.2 Å². The molecular formula is C22H26N2O2. The number of rotatable bonds is 6. The predicted octanol–water partition coefficient (Wildman–Crippen LogP) is 3.60. The molecule has 0 fully saturated rings. The van der Waals surface area contributed by atoms with Gasteiger partial charge in [-0.25, -0.2) is 0 Å². The molecule has 136 valence electrons. The summed E-state index contributed by atoms with van der Waals surface area (Å²) in [5.74, 6) is 0.109. The van der Waals surface area contributed by atoms with Crippen molar-refractivity contribution in [2.24, 2.45) is 0 Å². The fourth-order valence-corrected chi connectivity index (χ4v) is 3.65. The number of Topliss-reactive ketones (excluding diaryl/α,β-unsaturated/α-hetero) is 1. The average Bonchev–Trinajstić information content (AvgIpc) is 2.88. The summed E-state index contributed by atoms with van der Waals surface area (Å²) < 4.78 is 2.23. The predicted molar refractivity (Wildman–Crippen MR) is 104 cm³/mol. The number of carbonyl (C=O) groups excluding carboxylic acids is 2. The second-order valence-electron chi connectivity index (χ2n) is 7.14. The summed E-state index contributed by atoms with van der Waals surface area (Å²) in [5, 5.41) is 2.88. The number of amides is 1. The summed E-state index contributed by atoms with van der Waals surface area (Å²) in [5.41, 5.74) is 5.90. The number of benzene rings is 1. The lowest BCUT2D eigenvalue weighted by Crippen LogP contribution is -2.27. The summed E-state index contributed by atoms with van der Waals surface area (Å²) in [6.45, 7) is 8.92. The van der Waals surface area contributed by atoms with Crippen molar-refractivity contribution < 1.29 is 9.59 Å². The molecule has 0 saturated carbocycles. The summed E-state index contributed by atoms with van der Waals surface area (Å²) >= 11 is 0. The zero-order valence-corrected chi connectivity index (χ0v) is 15.6. The van der Waals surface area contributed by atoms with Crippen molar-refractivity contribution in [2.75, 3.05) is 6.54 Å². The number of nitrogens with zero attached hydrogens (tertiary/aromatic N) is 1. The third kappa shape index (κ3) is 3.79. The van der Waals surface area contributed by atoms with E-state index in [-0.39, 0.29) is 18.1 Å². The first-order chi connectivity index (χ1) is 12.5. The zero-order valence-electron chi connectivity index (χ0n) is 15.6. The quantitative estimate of drug-likeness (QED) is 0.809. The van der Waals surface area contributed by atoms with Crippen LogP contribution in [0.5, 0.6) is 0 Å². The van der Waals surface area contributed by atoms with Gasteiger partial charge in [0.15, 0.2) is 5.78 Å². The highest BCUT2D eigenvalue weighted by atomic mass is 16.1. The molecule has 1 aromatic heterocycles. The highest BCUT2D eigenvalue weighted by Gasteiger charge is 2.28. The minimum Gasteiger partial charge on any atom is -0.352 e. The lowest BCUT2D eigenvalue weighted by molar-refractivity contribution is -0.120. The third-order valence-corrected chi connectivity index (χ3v) is 4.96. The molecule has 0 unspecified atom stereocenters. The van der Waals surface area contributed by atoms with Gasteiger partial charge in [-0.3, -0.25) is 9.59 Å². The van der Waals surface area contributed by atoms with E-state index in [0.717, 1.165) is 47.5 Å². The Labute approximate surface area is 154 Å². The van der Waals surface area contributed by atoms with Crippen LogP contribution in [-0.4, -0.2) is 22.8 Å². The molecular weight excluding hydrogens is 324 g/mol. The Bertz CT molecular complexity index is 847. The molecule has 0 saturated heterocycles. The van der Waals surface area contributed by atoms with Crippen LogP contribution < -0.4 is 5.32 Å². The molecule has 0 spiro atoms. The maximum Gasteiger partial charge on any atom is 0.224 e. The van der Waals surface area contributed by atoms with Crippen molar-refractivity contribution >= 4 is 11.7 Å². The van der Waals surface area contributed by atoms with E-state index in [2.05, 4.69) is 28.6 Å². The number of aromatic nitrogens is 1. The Balaban J connectivity index is 1.95. The van der Waals surface area contributed by atoms with Gasteiger partial charge >= 0.3 is 0 Å². The van der Waals surface area contributed by atoms with Gasteiger partial charge in [0, 0.05) is 36.5 Å². The molecule has 1 heterocycles. The number of hydrogen-bond acceptors (Lipinski definition) is 2. The van der Waals surface area contributed by atoms with Crippen molar-refractivity contribution in [3.05, 3.63) is 70.6 Å². The molecule has 1 aliphatic carbocycles. The molecule has 1 amide bonds. The van der Waals surface area contributed by atoms with Crippen LogP contribution in [0.4, 0.5) is 0 Å². The summed E-state index contributed by atoms with van der Waals surface area (Å²) in [4.78, 5) is 25.0. The Kier molecular flexibility index (Phi) is 5.40. The van der Waals surface area contributed by atoms with Crippen LogP contribution in [0.25, 0.3) is 0 Å². The number of fused-ring (bicyclic) bond motifs is 1. The molecule has 1 aliphatic rings. The van der Waals surface area contributed by atoms with Gasteiger partial charge in [-0.15, -0.1) is 0 Å². The van der Waals surface area contributed by atoms with E-state index in [0.29, 0.717) is 13.0 Å². The van der Waals surface area contributed by atoms with Gasteiger partial charge in [0.05, 0.1) is 6.42 Å². The van der Waals surface area contributed by atoms with Crippen molar-refractivity contribution in [2.45, 2.75) is 46.1 Å². The monoisotopic (exact) mass is 350 g/mol. The summed E-state index contributed by atoms with van der Waals surface area (Å²) in [7, 11) is 0. The minimum absolute atomic E-state index is 0.0610. The topological polar surface area (TPSA) is 51.1 Å². The standard InChI is InChI=1S/C22H26N2O2/c1-15(2)13-23-21(26)12-18-16(3)24(14-17-8-5-4-6-9-17)19-10-7-11-20(25)22(18)19/h4-6,8-9H,1,7,10-14H2,2-3H3,(H,23,26). The van der Waals surface area contributed by atoms with Crippen LogP contribution >= 0.6 is 0 Å². The Hall–Kier alpha value is -2.62. The van der Waals surface area contributed by atoms with E-state index in [4.69, 9.17) is 0 Å².